The fourth-order valence-electron chi connectivity index (χ4n) is 3.71. The van der Waals surface area contributed by atoms with E-state index in [1.807, 2.05) is 48.7 Å². The number of aromatic nitrogens is 1. The van der Waals surface area contributed by atoms with E-state index in [0.29, 0.717) is 6.61 Å². The number of para-hydroxylation sites is 1. The second kappa shape index (κ2) is 9.76. The fraction of sp³-hybridized carbons (Fsp3) is 0.333. The number of nitrogens with one attached hydrogen (secondary N) is 1. The van der Waals surface area contributed by atoms with Crippen LogP contribution in [-0.2, 0) is 11.2 Å². The van der Waals surface area contributed by atoms with Crippen molar-refractivity contribution < 1.29 is 9.53 Å². The first-order valence-corrected chi connectivity index (χ1v) is 11.4. The second-order valence-electron chi connectivity index (χ2n) is 7.39. The predicted octanol–water partition coefficient (Wildman–Crippen LogP) is 5.38. The lowest BCUT2D eigenvalue weighted by atomic mass is 10.1. The van der Waals surface area contributed by atoms with E-state index in [1.165, 1.54) is 36.3 Å². The summed E-state index contributed by atoms with van der Waals surface area (Å²) in [6, 6.07) is 16.0. The van der Waals surface area contributed by atoms with Crippen molar-refractivity contribution in [1.29, 1.82) is 0 Å². The molecule has 1 aromatic heterocycles. The molecule has 1 N–H and O–H groups in total. The standard InChI is InChI=1S/C24H27N3O2S/c1-2-29-22-9-5-4-8-21(22)24-26-19(17-30-24)16-23(28)25-18-10-12-20(13-11-18)27-14-6-3-7-15-27/h4-5,8-13,17H,2-3,6-7,14-16H2,1H3,(H,25,28). The minimum Gasteiger partial charge on any atom is -0.493 e. The van der Waals surface area contributed by atoms with Crippen molar-refractivity contribution in [2.24, 2.45) is 0 Å². The van der Waals surface area contributed by atoms with E-state index in [0.717, 1.165) is 40.8 Å². The molecular formula is C24H27N3O2S. The van der Waals surface area contributed by atoms with Crippen LogP contribution >= 0.6 is 11.3 Å². The summed E-state index contributed by atoms with van der Waals surface area (Å²) < 4.78 is 5.70. The lowest BCUT2D eigenvalue weighted by molar-refractivity contribution is -0.115. The van der Waals surface area contributed by atoms with Crippen LogP contribution in [0.1, 0.15) is 31.9 Å². The minimum absolute atomic E-state index is 0.0596. The molecular weight excluding hydrogens is 394 g/mol. The zero-order valence-electron chi connectivity index (χ0n) is 17.3. The van der Waals surface area contributed by atoms with Crippen LogP contribution in [-0.4, -0.2) is 30.6 Å². The summed E-state index contributed by atoms with van der Waals surface area (Å²) in [4.78, 5) is 19.6. The number of amides is 1. The van der Waals surface area contributed by atoms with Crippen molar-refractivity contribution in [3.8, 4) is 16.3 Å². The van der Waals surface area contributed by atoms with Crippen LogP contribution in [0.25, 0.3) is 10.6 Å². The van der Waals surface area contributed by atoms with E-state index in [-0.39, 0.29) is 12.3 Å². The van der Waals surface area contributed by atoms with Gasteiger partial charge < -0.3 is 15.0 Å². The lowest BCUT2D eigenvalue weighted by Crippen LogP contribution is -2.29. The molecule has 2 heterocycles. The number of hydrogen-bond donors (Lipinski definition) is 1. The maximum absolute atomic E-state index is 12.5. The monoisotopic (exact) mass is 421 g/mol. The first kappa shape index (κ1) is 20.4. The highest BCUT2D eigenvalue weighted by atomic mass is 32.1. The lowest BCUT2D eigenvalue weighted by Gasteiger charge is -2.28. The Bertz CT molecular complexity index is 978. The number of thiazole rings is 1. The molecule has 0 aliphatic carbocycles. The Balaban J connectivity index is 1.37. The molecule has 1 aliphatic heterocycles. The summed E-state index contributed by atoms with van der Waals surface area (Å²) in [6.07, 6.45) is 4.08. The van der Waals surface area contributed by atoms with Crippen molar-refractivity contribution in [2.45, 2.75) is 32.6 Å². The molecule has 0 radical (unpaired) electrons. The third-order valence-electron chi connectivity index (χ3n) is 5.18. The quantitative estimate of drug-likeness (QED) is 0.556. The van der Waals surface area contributed by atoms with Gasteiger partial charge in [-0.3, -0.25) is 4.79 Å². The Morgan fingerprint density at radius 1 is 1.10 bits per heavy atom. The van der Waals surface area contributed by atoms with Gasteiger partial charge in [0, 0.05) is 29.8 Å². The van der Waals surface area contributed by atoms with E-state index in [4.69, 9.17) is 4.74 Å². The largest absolute Gasteiger partial charge is 0.493 e. The molecule has 0 spiro atoms. The number of carbonyl (C=O) groups excluding carboxylic acids is 1. The molecule has 0 unspecified atom stereocenters. The first-order chi connectivity index (χ1) is 14.7. The molecule has 4 rings (SSSR count). The van der Waals surface area contributed by atoms with Gasteiger partial charge in [0.2, 0.25) is 5.91 Å². The van der Waals surface area contributed by atoms with Gasteiger partial charge in [-0.05, 0) is 62.6 Å². The number of hydrogen-bond acceptors (Lipinski definition) is 5. The van der Waals surface area contributed by atoms with Crippen LogP contribution in [0.3, 0.4) is 0 Å². The number of piperidine rings is 1. The topological polar surface area (TPSA) is 54.5 Å². The number of rotatable bonds is 7. The van der Waals surface area contributed by atoms with Crippen LogP contribution < -0.4 is 15.0 Å². The van der Waals surface area contributed by atoms with Gasteiger partial charge in [-0.25, -0.2) is 4.98 Å². The van der Waals surface area contributed by atoms with Gasteiger partial charge in [0.1, 0.15) is 10.8 Å². The molecule has 0 saturated carbocycles. The highest BCUT2D eigenvalue weighted by Gasteiger charge is 2.14. The van der Waals surface area contributed by atoms with Gasteiger partial charge >= 0.3 is 0 Å². The first-order valence-electron chi connectivity index (χ1n) is 10.5. The van der Waals surface area contributed by atoms with Crippen LogP contribution in [0, 0.1) is 0 Å². The van der Waals surface area contributed by atoms with Gasteiger partial charge in [0.15, 0.2) is 0 Å². The van der Waals surface area contributed by atoms with E-state index < -0.39 is 0 Å². The smallest absolute Gasteiger partial charge is 0.230 e. The van der Waals surface area contributed by atoms with Crippen molar-refractivity contribution in [3.63, 3.8) is 0 Å². The van der Waals surface area contributed by atoms with Gasteiger partial charge in [-0.2, -0.15) is 0 Å². The highest BCUT2D eigenvalue weighted by Crippen LogP contribution is 2.32. The fourth-order valence-corrected chi connectivity index (χ4v) is 4.56. The van der Waals surface area contributed by atoms with Crippen LogP contribution in [0.15, 0.2) is 53.9 Å². The Labute approximate surface area is 181 Å². The Kier molecular flexibility index (Phi) is 6.64. The normalized spacial score (nSPS) is 13.8. The van der Waals surface area contributed by atoms with Gasteiger partial charge in [-0.15, -0.1) is 11.3 Å². The summed E-state index contributed by atoms with van der Waals surface area (Å²) in [7, 11) is 0. The minimum atomic E-state index is -0.0596. The Morgan fingerprint density at radius 3 is 2.63 bits per heavy atom. The van der Waals surface area contributed by atoms with Crippen molar-refractivity contribution in [1.82, 2.24) is 4.98 Å². The van der Waals surface area contributed by atoms with E-state index >= 15 is 0 Å². The molecule has 5 nitrogen and oxygen atoms in total. The molecule has 30 heavy (non-hydrogen) atoms. The molecule has 1 fully saturated rings. The van der Waals surface area contributed by atoms with E-state index in [9.17, 15) is 4.79 Å². The zero-order chi connectivity index (χ0) is 20.8. The molecule has 6 heteroatoms. The van der Waals surface area contributed by atoms with Crippen LogP contribution in [0.4, 0.5) is 11.4 Å². The second-order valence-corrected chi connectivity index (χ2v) is 8.25. The van der Waals surface area contributed by atoms with Crippen LogP contribution in [0.2, 0.25) is 0 Å². The van der Waals surface area contributed by atoms with Crippen molar-refractivity contribution >= 4 is 28.6 Å². The van der Waals surface area contributed by atoms with Crippen LogP contribution in [0.5, 0.6) is 5.75 Å². The van der Waals surface area contributed by atoms with Crippen molar-refractivity contribution in [2.75, 3.05) is 29.9 Å². The predicted molar refractivity (Wildman–Crippen MR) is 124 cm³/mol. The summed E-state index contributed by atoms with van der Waals surface area (Å²) in [6.45, 7) is 4.80. The number of nitrogens with zero attached hydrogens (tertiary/aromatic N) is 2. The summed E-state index contributed by atoms with van der Waals surface area (Å²) in [5.74, 6) is 0.759. The number of anilines is 2. The number of benzene rings is 2. The molecule has 156 valence electrons. The van der Waals surface area contributed by atoms with E-state index in [1.54, 1.807) is 0 Å². The average molecular weight is 422 g/mol. The maximum atomic E-state index is 12.5. The molecule has 1 aliphatic rings. The maximum Gasteiger partial charge on any atom is 0.230 e. The van der Waals surface area contributed by atoms with Crippen molar-refractivity contribution in [3.05, 3.63) is 59.6 Å². The van der Waals surface area contributed by atoms with Gasteiger partial charge in [0.05, 0.1) is 24.3 Å². The summed E-state index contributed by atoms with van der Waals surface area (Å²) >= 11 is 1.53. The molecule has 0 atom stereocenters. The Morgan fingerprint density at radius 2 is 1.87 bits per heavy atom. The highest BCUT2D eigenvalue weighted by molar-refractivity contribution is 7.13. The molecule has 1 saturated heterocycles. The Hall–Kier alpha value is -2.86. The van der Waals surface area contributed by atoms with E-state index in [2.05, 4.69) is 27.3 Å². The molecule has 0 bridgehead atoms. The number of carbonyl (C=O) groups is 1. The third kappa shape index (κ3) is 5.00. The molecule has 1 amide bonds. The molecule has 3 aromatic rings. The number of ether oxygens (including phenoxy) is 1. The summed E-state index contributed by atoms with van der Waals surface area (Å²) in [5, 5.41) is 5.79. The van der Waals surface area contributed by atoms with Gasteiger partial charge in [-0.1, -0.05) is 12.1 Å². The van der Waals surface area contributed by atoms with Gasteiger partial charge in [0.25, 0.3) is 0 Å². The average Bonchev–Trinajstić information content (AvgIpc) is 3.23. The molecule has 2 aromatic carbocycles. The zero-order valence-corrected chi connectivity index (χ0v) is 18.1. The third-order valence-corrected chi connectivity index (χ3v) is 6.11. The SMILES string of the molecule is CCOc1ccccc1-c1nc(CC(=O)Nc2ccc(N3CCCCC3)cc2)cs1. The summed E-state index contributed by atoms with van der Waals surface area (Å²) in [5.41, 5.74) is 3.77.